The molecule has 1 aromatic heterocycles. The lowest BCUT2D eigenvalue weighted by Crippen LogP contribution is -1.99. The molecule has 0 unspecified atom stereocenters. The van der Waals surface area contributed by atoms with E-state index < -0.39 is 5.97 Å². The van der Waals surface area contributed by atoms with Gasteiger partial charge in [0.1, 0.15) is 18.1 Å². The number of benzene rings is 2. The van der Waals surface area contributed by atoms with Gasteiger partial charge in [-0.25, -0.2) is 4.79 Å². The van der Waals surface area contributed by atoms with Crippen molar-refractivity contribution in [3.63, 3.8) is 0 Å². The lowest BCUT2D eigenvalue weighted by atomic mass is 10.1. The van der Waals surface area contributed by atoms with E-state index in [0.29, 0.717) is 29.6 Å². The molecule has 0 radical (unpaired) electrons. The monoisotopic (exact) mass is 342 g/mol. The molecule has 4 nitrogen and oxygen atoms in total. The maximum absolute atomic E-state index is 10.9. The molecular formula is C19H15ClO4. The van der Waals surface area contributed by atoms with Gasteiger partial charge in [-0.1, -0.05) is 41.9 Å². The molecule has 0 fully saturated rings. The quantitative estimate of drug-likeness (QED) is 0.699. The van der Waals surface area contributed by atoms with Gasteiger partial charge in [0, 0.05) is 17.0 Å². The molecule has 1 heterocycles. The Labute approximate surface area is 144 Å². The summed E-state index contributed by atoms with van der Waals surface area (Å²) in [6, 6.07) is 18.3. The number of ether oxygens (including phenoxy) is 1. The average Bonchev–Trinajstić information content (AvgIpc) is 3.04. The molecule has 0 bridgehead atoms. The van der Waals surface area contributed by atoms with Crippen molar-refractivity contribution >= 4 is 17.6 Å². The van der Waals surface area contributed by atoms with Gasteiger partial charge in [0.05, 0.1) is 0 Å². The highest BCUT2D eigenvalue weighted by Gasteiger charge is 2.12. The molecule has 0 aliphatic rings. The molecule has 24 heavy (non-hydrogen) atoms. The van der Waals surface area contributed by atoms with Gasteiger partial charge < -0.3 is 14.3 Å². The van der Waals surface area contributed by atoms with Crippen LogP contribution in [0.3, 0.4) is 0 Å². The Balaban J connectivity index is 1.78. The zero-order valence-corrected chi connectivity index (χ0v) is 13.5. The van der Waals surface area contributed by atoms with Gasteiger partial charge in [0.15, 0.2) is 0 Å². The summed E-state index contributed by atoms with van der Waals surface area (Å²) in [6.45, 7) is 0.438. The third kappa shape index (κ3) is 3.97. The largest absolute Gasteiger partial charge is 0.489 e. The van der Waals surface area contributed by atoms with E-state index >= 15 is 0 Å². The lowest BCUT2D eigenvalue weighted by molar-refractivity contribution is 0.0660. The van der Waals surface area contributed by atoms with Crippen LogP contribution in [-0.4, -0.2) is 11.1 Å². The van der Waals surface area contributed by atoms with Crippen molar-refractivity contribution in [1.82, 2.24) is 0 Å². The molecule has 3 aromatic rings. The van der Waals surface area contributed by atoms with Crippen LogP contribution in [0.2, 0.25) is 5.02 Å². The van der Waals surface area contributed by atoms with E-state index in [1.165, 1.54) is 6.07 Å². The van der Waals surface area contributed by atoms with Gasteiger partial charge >= 0.3 is 5.97 Å². The fraction of sp³-hybridized carbons (Fsp3) is 0.105. The highest BCUT2D eigenvalue weighted by Crippen LogP contribution is 2.27. The first-order valence-electron chi connectivity index (χ1n) is 7.39. The van der Waals surface area contributed by atoms with Crippen molar-refractivity contribution in [3.05, 3.63) is 88.3 Å². The van der Waals surface area contributed by atoms with Crippen LogP contribution in [-0.2, 0) is 13.0 Å². The summed E-state index contributed by atoms with van der Waals surface area (Å²) in [5, 5.41) is 9.52. The number of halogens is 1. The summed E-state index contributed by atoms with van der Waals surface area (Å²) in [5.74, 6) is 0.0578. The summed E-state index contributed by atoms with van der Waals surface area (Å²) < 4.78 is 11.2. The van der Waals surface area contributed by atoms with Crippen LogP contribution in [0.15, 0.2) is 65.1 Å². The Bertz CT molecular complexity index is 840. The average molecular weight is 343 g/mol. The van der Waals surface area contributed by atoms with E-state index in [1.807, 2.05) is 36.4 Å². The second-order valence-electron chi connectivity index (χ2n) is 5.27. The Hall–Kier alpha value is -2.72. The summed E-state index contributed by atoms with van der Waals surface area (Å²) in [4.78, 5) is 10.9. The number of furan rings is 1. The molecule has 0 aliphatic heterocycles. The van der Waals surface area contributed by atoms with Crippen LogP contribution in [0, 0.1) is 0 Å². The SMILES string of the molecule is O=C(O)c1ccc(Cc2cc(Cl)ccc2OCc2ccccc2)o1. The molecule has 1 N–H and O–H groups in total. The molecule has 0 saturated heterocycles. The number of hydrogen-bond acceptors (Lipinski definition) is 3. The van der Waals surface area contributed by atoms with Gasteiger partial charge in [-0.2, -0.15) is 0 Å². The molecular weight excluding hydrogens is 328 g/mol. The van der Waals surface area contributed by atoms with Crippen molar-refractivity contribution in [2.24, 2.45) is 0 Å². The van der Waals surface area contributed by atoms with Crippen molar-refractivity contribution in [2.75, 3.05) is 0 Å². The first-order chi connectivity index (χ1) is 11.6. The predicted molar refractivity (Wildman–Crippen MR) is 90.7 cm³/mol. The Morgan fingerprint density at radius 1 is 1.08 bits per heavy atom. The molecule has 3 rings (SSSR count). The van der Waals surface area contributed by atoms with Crippen molar-refractivity contribution in [1.29, 1.82) is 0 Å². The van der Waals surface area contributed by atoms with Crippen LogP contribution < -0.4 is 4.74 Å². The summed E-state index contributed by atoms with van der Waals surface area (Å²) in [6.07, 6.45) is 0.401. The molecule has 2 aromatic carbocycles. The smallest absolute Gasteiger partial charge is 0.371 e. The molecule has 0 saturated carbocycles. The topological polar surface area (TPSA) is 59.7 Å². The van der Waals surface area contributed by atoms with Gasteiger partial charge in [-0.3, -0.25) is 0 Å². The fourth-order valence-corrected chi connectivity index (χ4v) is 2.53. The van der Waals surface area contributed by atoms with Gasteiger partial charge in [-0.15, -0.1) is 0 Å². The predicted octanol–water partition coefficient (Wildman–Crippen LogP) is 4.80. The van der Waals surface area contributed by atoms with Crippen LogP contribution >= 0.6 is 11.6 Å². The Morgan fingerprint density at radius 2 is 1.88 bits per heavy atom. The van der Waals surface area contributed by atoms with Crippen LogP contribution in [0.1, 0.15) is 27.4 Å². The third-order valence-corrected chi connectivity index (χ3v) is 3.73. The molecule has 0 amide bonds. The number of carbonyl (C=O) groups is 1. The van der Waals surface area contributed by atoms with E-state index in [-0.39, 0.29) is 5.76 Å². The van der Waals surface area contributed by atoms with Crippen molar-refractivity contribution in [3.8, 4) is 5.75 Å². The van der Waals surface area contributed by atoms with E-state index in [4.69, 9.17) is 25.9 Å². The van der Waals surface area contributed by atoms with E-state index in [0.717, 1.165) is 11.1 Å². The first kappa shape index (κ1) is 16.1. The number of rotatable bonds is 6. The van der Waals surface area contributed by atoms with E-state index in [2.05, 4.69) is 0 Å². The minimum Gasteiger partial charge on any atom is -0.489 e. The maximum Gasteiger partial charge on any atom is 0.371 e. The lowest BCUT2D eigenvalue weighted by Gasteiger charge is -2.11. The molecule has 0 spiro atoms. The van der Waals surface area contributed by atoms with Crippen LogP contribution in [0.25, 0.3) is 0 Å². The number of aromatic carboxylic acids is 1. The first-order valence-corrected chi connectivity index (χ1v) is 7.77. The van der Waals surface area contributed by atoms with Gasteiger partial charge in [0.25, 0.3) is 0 Å². The second kappa shape index (κ2) is 7.23. The highest BCUT2D eigenvalue weighted by atomic mass is 35.5. The van der Waals surface area contributed by atoms with Crippen molar-refractivity contribution < 1.29 is 19.1 Å². The summed E-state index contributed by atoms with van der Waals surface area (Å²) in [7, 11) is 0. The summed E-state index contributed by atoms with van der Waals surface area (Å²) in [5.41, 5.74) is 1.90. The summed E-state index contributed by atoms with van der Waals surface area (Å²) >= 11 is 6.08. The number of carboxylic acids is 1. The normalized spacial score (nSPS) is 10.5. The van der Waals surface area contributed by atoms with E-state index in [9.17, 15) is 4.79 Å². The standard InChI is InChI=1S/C19H15ClO4/c20-15-6-8-17(23-12-13-4-2-1-3-5-13)14(10-15)11-16-7-9-18(24-16)19(21)22/h1-10H,11-12H2,(H,21,22). The Kier molecular flexibility index (Phi) is 4.87. The van der Waals surface area contributed by atoms with Crippen LogP contribution in [0.4, 0.5) is 0 Å². The fourth-order valence-electron chi connectivity index (χ4n) is 2.34. The zero-order valence-electron chi connectivity index (χ0n) is 12.7. The van der Waals surface area contributed by atoms with Crippen LogP contribution in [0.5, 0.6) is 5.75 Å². The number of hydrogen-bond donors (Lipinski definition) is 1. The molecule has 0 aliphatic carbocycles. The second-order valence-corrected chi connectivity index (χ2v) is 5.71. The zero-order chi connectivity index (χ0) is 16.9. The maximum atomic E-state index is 10.9. The number of carboxylic acid groups (broad SMARTS) is 1. The highest BCUT2D eigenvalue weighted by molar-refractivity contribution is 6.30. The molecule has 0 atom stereocenters. The van der Waals surface area contributed by atoms with E-state index in [1.54, 1.807) is 18.2 Å². The minimum atomic E-state index is -1.09. The molecule has 5 heteroatoms. The van der Waals surface area contributed by atoms with Crippen molar-refractivity contribution in [2.45, 2.75) is 13.0 Å². The Morgan fingerprint density at radius 3 is 2.58 bits per heavy atom. The minimum absolute atomic E-state index is 0.0845. The third-order valence-electron chi connectivity index (χ3n) is 3.50. The molecule has 122 valence electrons. The van der Waals surface area contributed by atoms with Gasteiger partial charge in [0.2, 0.25) is 5.76 Å². The van der Waals surface area contributed by atoms with Gasteiger partial charge in [-0.05, 0) is 35.9 Å².